The molecule has 0 aromatic carbocycles. The van der Waals surface area contributed by atoms with Crippen molar-refractivity contribution < 1.29 is 13.8 Å². The molecule has 16 heavy (non-hydrogen) atoms. The van der Waals surface area contributed by atoms with Gasteiger partial charge in [-0.2, -0.15) is 0 Å². The minimum Gasteiger partial charge on any atom is -0.360 e. The topological polar surface area (TPSA) is 81.2 Å². The van der Waals surface area contributed by atoms with Gasteiger partial charge >= 0.3 is 0 Å². The van der Waals surface area contributed by atoms with E-state index in [4.69, 9.17) is 20.6 Å². The zero-order valence-corrected chi connectivity index (χ0v) is 9.33. The zero-order chi connectivity index (χ0) is 11.7. The van der Waals surface area contributed by atoms with Gasteiger partial charge in [-0.25, -0.2) is 0 Å². The molecule has 0 aliphatic heterocycles. The largest absolute Gasteiger partial charge is 0.360 e. The van der Waals surface area contributed by atoms with Crippen LogP contribution in [0, 0.1) is 13.8 Å². The Morgan fingerprint density at radius 3 is 2.62 bits per heavy atom. The maximum absolute atomic E-state index is 11.6. The first-order valence-electron chi connectivity index (χ1n) is 4.44. The Morgan fingerprint density at radius 1 is 1.38 bits per heavy atom. The lowest BCUT2D eigenvalue weighted by molar-refractivity contribution is 0.0987. The lowest BCUT2D eigenvalue weighted by Crippen LogP contribution is -2.11. The van der Waals surface area contributed by atoms with Gasteiger partial charge in [0.25, 0.3) is 5.91 Å². The highest BCUT2D eigenvalue weighted by atomic mass is 35.5. The number of hydrogen-bond acceptors (Lipinski definition) is 5. The second-order valence-corrected chi connectivity index (χ2v) is 3.57. The fraction of sp³-hybridized carbons (Fsp3) is 0.222. The van der Waals surface area contributed by atoms with Crippen molar-refractivity contribution >= 4 is 23.3 Å². The van der Waals surface area contributed by atoms with Crippen LogP contribution in [0.3, 0.4) is 0 Å². The molecule has 2 heterocycles. The monoisotopic (exact) mass is 241 g/mol. The summed E-state index contributed by atoms with van der Waals surface area (Å²) in [5.41, 5.74) is 0.461. The van der Waals surface area contributed by atoms with E-state index in [2.05, 4.69) is 15.6 Å². The highest BCUT2D eigenvalue weighted by Gasteiger charge is 2.19. The zero-order valence-electron chi connectivity index (χ0n) is 8.57. The Morgan fingerprint density at radius 2 is 2.12 bits per heavy atom. The number of anilines is 1. The van der Waals surface area contributed by atoms with Crippen LogP contribution < -0.4 is 5.32 Å². The van der Waals surface area contributed by atoms with Crippen LogP contribution in [0.1, 0.15) is 22.0 Å². The lowest BCUT2D eigenvalue weighted by Gasteiger charge is -1.96. The molecule has 0 spiro atoms. The Balaban J connectivity index is 2.18. The summed E-state index contributed by atoms with van der Waals surface area (Å²) in [6.07, 6.45) is 0. The highest BCUT2D eigenvalue weighted by molar-refractivity contribution is 6.34. The summed E-state index contributed by atoms with van der Waals surface area (Å²) in [5, 5.41) is 9.84. The minimum atomic E-state index is -0.515. The van der Waals surface area contributed by atoms with E-state index in [1.807, 2.05) is 0 Å². The van der Waals surface area contributed by atoms with E-state index in [0.29, 0.717) is 17.3 Å². The number of aromatic nitrogens is 2. The lowest BCUT2D eigenvalue weighted by atomic mass is 10.3. The Labute approximate surface area is 95.5 Å². The predicted octanol–water partition coefficient (Wildman–Crippen LogP) is 2.19. The maximum atomic E-state index is 11.6. The van der Waals surface area contributed by atoms with E-state index in [0.717, 1.165) is 0 Å². The summed E-state index contributed by atoms with van der Waals surface area (Å²) >= 11 is 5.81. The van der Waals surface area contributed by atoms with Gasteiger partial charge in [0.1, 0.15) is 10.8 Å². The van der Waals surface area contributed by atoms with Gasteiger partial charge in [-0.15, -0.1) is 0 Å². The third kappa shape index (κ3) is 1.92. The number of halogens is 1. The van der Waals surface area contributed by atoms with Crippen molar-refractivity contribution in [3.05, 3.63) is 28.3 Å². The number of rotatable bonds is 2. The molecule has 6 nitrogen and oxygen atoms in total. The number of aryl methyl sites for hydroxylation is 2. The molecule has 0 fully saturated rings. The van der Waals surface area contributed by atoms with Crippen LogP contribution in [-0.2, 0) is 0 Å². The van der Waals surface area contributed by atoms with Crippen LogP contribution in [-0.4, -0.2) is 16.2 Å². The van der Waals surface area contributed by atoms with Gasteiger partial charge in [-0.1, -0.05) is 21.9 Å². The summed E-state index contributed by atoms with van der Waals surface area (Å²) in [7, 11) is 0. The molecule has 0 bridgehead atoms. The molecule has 84 valence electrons. The number of amides is 1. The van der Waals surface area contributed by atoms with Gasteiger partial charge in [0.05, 0.1) is 5.69 Å². The summed E-state index contributed by atoms with van der Waals surface area (Å²) in [6, 6.07) is 1.58. The van der Waals surface area contributed by atoms with Crippen molar-refractivity contribution in [2.75, 3.05) is 5.32 Å². The van der Waals surface area contributed by atoms with Crippen LogP contribution in [0.5, 0.6) is 0 Å². The smallest absolute Gasteiger partial charge is 0.297 e. The highest BCUT2D eigenvalue weighted by Crippen LogP contribution is 2.20. The third-order valence-corrected chi connectivity index (χ3v) is 2.31. The predicted molar refractivity (Wildman–Crippen MR) is 55.4 cm³/mol. The maximum Gasteiger partial charge on any atom is 0.297 e. The van der Waals surface area contributed by atoms with Crippen molar-refractivity contribution in [1.82, 2.24) is 10.3 Å². The average Bonchev–Trinajstić information content (AvgIpc) is 2.76. The molecule has 7 heteroatoms. The number of nitrogens with one attached hydrogen (secondary N) is 1. The number of hydrogen-bond donors (Lipinski definition) is 1. The molecular weight excluding hydrogens is 234 g/mol. The van der Waals surface area contributed by atoms with E-state index >= 15 is 0 Å². The van der Waals surface area contributed by atoms with Gasteiger partial charge < -0.3 is 14.4 Å². The molecule has 1 N–H and O–H groups in total. The Hall–Kier alpha value is -1.82. The molecule has 0 atom stereocenters. The third-order valence-electron chi connectivity index (χ3n) is 1.87. The quantitative estimate of drug-likeness (QED) is 0.872. The Kier molecular flexibility index (Phi) is 2.66. The fourth-order valence-corrected chi connectivity index (χ4v) is 1.25. The molecule has 0 aliphatic rings. The van der Waals surface area contributed by atoms with E-state index in [1.165, 1.54) is 0 Å². The molecule has 2 aromatic heterocycles. The average molecular weight is 242 g/mol. The van der Waals surface area contributed by atoms with Gasteiger partial charge in [0.15, 0.2) is 5.82 Å². The van der Waals surface area contributed by atoms with E-state index < -0.39 is 5.91 Å². The van der Waals surface area contributed by atoms with Crippen molar-refractivity contribution in [2.45, 2.75) is 13.8 Å². The second kappa shape index (κ2) is 3.97. The van der Waals surface area contributed by atoms with Gasteiger partial charge in [0.2, 0.25) is 5.76 Å². The molecule has 2 rings (SSSR count). The molecule has 0 aliphatic carbocycles. The van der Waals surface area contributed by atoms with Crippen LogP contribution in [0.15, 0.2) is 15.1 Å². The molecule has 0 unspecified atom stereocenters. The molecule has 0 saturated carbocycles. The molecule has 1 amide bonds. The molecule has 0 saturated heterocycles. The van der Waals surface area contributed by atoms with Crippen LogP contribution in [0.4, 0.5) is 5.82 Å². The molecule has 2 aromatic rings. The first-order chi connectivity index (χ1) is 7.58. The standard InChI is InChI=1S/C9H8ClN3O3/c1-4-3-6(13-15-4)11-9(14)8-7(10)5(2)12-16-8/h3H,1-2H3,(H,11,13,14). The van der Waals surface area contributed by atoms with Crippen LogP contribution >= 0.6 is 11.6 Å². The van der Waals surface area contributed by atoms with Gasteiger partial charge in [0, 0.05) is 6.07 Å². The van der Waals surface area contributed by atoms with E-state index in [1.54, 1.807) is 19.9 Å². The van der Waals surface area contributed by atoms with E-state index in [9.17, 15) is 4.79 Å². The molecule has 0 radical (unpaired) electrons. The normalized spacial score (nSPS) is 10.4. The van der Waals surface area contributed by atoms with Gasteiger partial charge in [-0.05, 0) is 13.8 Å². The van der Waals surface area contributed by atoms with E-state index in [-0.39, 0.29) is 10.8 Å². The first kappa shape index (κ1) is 10.7. The number of nitrogens with zero attached hydrogens (tertiary/aromatic N) is 2. The molecular formula is C9H8ClN3O3. The van der Waals surface area contributed by atoms with Crippen molar-refractivity contribution in [3.8, 4) is 0 Å². The summed E-state index contributed by atoms with van der Waals surface area (Å²) in [4.78, 5) is 11.6. The minimum absolute atomic E-state index is 0.0418. The van der Waals surface area contributed by atoms with Gasteiger partial charge in [-0.3, -0.25) is 4.79 Å². The second-order valence-electron chi connectivity index (χ2n) is 3.19. The SMILES string of the molecule is Cc1cc(NC(=O)c2onc(C)c2Cl)no1. The first-order valence-corrected chi connectivity index (χ1v) is 4.82. The van der Waals surface area contributed by atoms with Crippen LogP contribution in [0.2, 0.25) is 5.02 Å². The summed E-state index contributed by atoms with van der Waals surface area (Å²) < 4.78 is 9.58. The summed E-state index contributed by atoms with van der Waals surface area (Å²) in [6.45, 7) is 3.36. The number of carbonyl (C=O) groups excluding carboxylic acids is 1. The van der Waals surface area contributed by atoms with Crippen LogP contribution in [0.25, 0.3) is 0 Å². The Bertz CT molecular complexity index is 532. The van der Waals surface area contributed by atoms with Crippen molar-refractivity contribution in [3.63, 3.8) is 0 Å². The summed E-state index contributed by atoms with van der Waals surface area (Å²) in [5.74, 6) is 0.335. The van der Waals surface area contributed by atoms with Crippen molar-refractivity contribution in [2.24, 2.45) is 0 Å². The van der Waals surface area contributed by atoms with Crippen molar-refractivity contribution in [1.29, 1.82) is 0 Å². The fourth-order valence-electron chi connectivity index (χ4n) is 1.10. The number of carbonyl (C=O) groups is 1.